The number of halogens is 9. The first-order valence-electron chi connectivity index (χ1n) is 9.99. The van der Waals surface area contributed by atoms with E-state index in [0.717, 1.165) is 37.4 Å². The summed E-state index contributed by atoms with van der Waals surface area (Å²) in [6, 6.07) is 3.49. The molecule has 3 amide bonds. The number of nitrogens with one attached hydrogen (secondary N) is 2. The quantitative estimate of drug-likeness (QED) is 0.222. The summed E-state index contributed by atoms with van der Waals surface area (Å²) in [4.78, 5) is 24.1. The first-order valence-corrected chi connectivity index (χ1v) is 11.1. The van der Waals surface area contributed by atoms with Gasteiger partial charge in [-0.3, -0.25) is 10.2 Å². The zero-order valence-electron chi connectivity index (χ0n) is 18.5. The molecule has 0 aromatic heterocycles. The maximum atomic E-state index is 13.7. The molecule has 0 heterocycles. The summed E-state index contributed by atoms with van der Waals surface area (Å²) in [5.41, 5.74) is -0.888. The molecule has 196 valence electrons. The number of nitrogens with zero attached hydrogens (tertiary/aromatic N) is 1. The minimum Gasteiger partial charge on any atom is -0.337 e. The third-order valence-corrected chi connectivity index (χ3v) is 5.89. The first-order chi connectivity index (χ1) is 16.6. The third-order valence-electron chi connectivity index (χ3n) is 4.69. The largest absolute Gasteiger partial charge is 0.417 e. The molecule has 0 fully saturated rings. The molecule has 0 saturated heterocycles. The van der Waals surface area contributed by atoms with Crippen molar-refractivity contribution in [3.05, 3.63) is 73.7 Å². The molecule has 2 aromatic carbocycles. The lowest BCUT2D eigenvalue weighted by Crippen LogP contribution is -2.48. The molecule has 2 rings (SSSR count). The molecular weight excluding hydrogens is 559 g/mol. The second kappa shape index (κ2) is 11.6. The monoisotopic (exact) mass is 575 g/mol. The number of carbonyl (C=O) groups excluding carboxylic acids is 2. The van der Waals surface area contributed by atoms with Crippen molar-refractivity contribution in [1.82, 2.24) is 15.8 Å². The number of hydrazine groups is 1. The predicted molar refractivity (Wildman–Crippen MR) is 125 cm³/mol. The topological polar surface area (TPSA) is 61.4 Å². The molecule has 5 nitrogen and oxygen atoms in total. The second-order valence-electron chi connectivity index (χ2n) is 7.32. The number of carbonyl (C=O) groups is 2. The van der Waals surface area contributed by atoms with Crippen LogP contribution in [0.1, 0.15) is 39.9 Å². The van der Waals surface area contributed by atoms with Gasteiger partial charge in [0.1, 0.15) is 0 Å². The van der Waals surface area contributed by atoms with Gasteiger partial charge < -0.3 is 5.32 Å². The Morgan fingerprint density at radius 3 is 2.11 bits per heavy atom. The van der Waals surface area contributed by atoms with Gasteiger partial charge in [0, 0.05) is 13.6 Å². The molecule has 36 heavy (non-hydrogen) atoms. The van der Waals surface area contributed by atoms with Crippen LogP contribution in [0.15, 0.2) is 36.4 Å². The first kappa shape index (κ1) is 29.6. The van der Waals surface area contributed by atoms with Gasteiger partial charge in [-0.2, -0.15) is 26.3 Å². The Kier molecular flexibility index (Phi) is 9.55. The van der Waals surface area contributed by atoms with Crippen molar-refractivity contribution in [2.75, 3.05) is 13.6 Å². The number of benzene rings is 2. The SMILES string of the molecule is CCNC(=O)N(C)NC(=O)c1ccc(C=CC(c2cc(Cl)c(Cl)c(Cl)c2)C(F)(F)F)cc1C(F)(F)F. The van der Waals surface area contributed by atoms with Crippen LogP contribution in [-0.4, -0.2) is 36.7 Å². The molecular formula is C22H18Cl3F6N3O2. The molecule has 2 aromatic rings. The summed E-state index contributed by atoms with van der Waals surface area (Å²) in [5.74, 6) is -3.52. The van der Waals surface area contributed by atoms with Crippen molar-refractivity contribution in [2.45, 2.75) is 25.2 Å². The van der Waals surface area contributed by atoms with Crippen molar-refractivity contribution in [3.63, 3.8) is 0 Å². The lowest BCUT2D eigenvalue weighted by atomic mass is 9.96. The molecule has 1 atom stereocenters. The highest BCUT2D eigenvalue weighted by Crippen LogP contribution is 2.41. The van der Waals surface area contributed by atoms with Crippen LogP contribution >= 0.6 is 34.8 Å². The molecule has 0 spiro atoms. The maximum Gasteiger partial charge on any atom is 0.417 e. The van der Waals surface area contributed by atoms with Crippen LogP contribution in [0, 0.1) is 0 Å². The number of amides is 3. The normalized spacial score (nSPS) is 13.0. The highest BCUT2D eigenvalue weighted by molar-refractivity contribution is 6.48. The fraction of sp³-hybridized carbons (Fsp3) is 0.273. The van der Waals surface area contributed by atoms with E-state index in [4.69, 9.17) is 34.8 Å². The zero-order chi connectivity index (χ0) is 27.4. The fourth-order valence-corrected chi connectivity index (χ4v) is 3.62. The molecule has 0 saturated carbocycles. The van der Waals surface area contributed by atoms with Crippen LogP contribution in [0.25, 0.3) is 6.08 Å². The minimum atomic E-state index is -5.03. The molecule has 0 aliphatic carbocycles. The molecule has 0 bridgehead atoms. The Hall–Kier alpha value is -2.63. The maximum absolute atomic E-state index is 13.7. The number of hydrogen-bond acceptors (Lipinski definition) is 2. The van der Waals surface area contributed by atoms with Crippen molar-refractivity contribution in [3.8, 4) is 0 Å². The smallest absolute Gasteiger partial charge is 0.337 e. The van der Waals surface area contributed by atoms with Gasteiger partial charge in [0.15, 0.2) is 0 Å². The number of hydrogen-bond donors (Lipinski definition) is 2. The summed E-state index contributed by atoms with van der Waals surface area (Å²) in [5, 5.41) is 2.41. The minimum absolute atomic E-state index is 0.145. The van der Waals surface area contributed by atoms with Crippen LogP contribution in [-0.2, 0) is 6.18 Å². The third kappa shape index (κ3) is 7.44. The highest BCUT2D eigenvalue weighted by Gasteiger charge is 2.40. The Balaban J connectivity index is 2.44. The van der Waals surface area contributed by atoms with Crippen molar-refractivity contribution in [1.29, 1.82) is 0 Å². The van der Waals surface area contributed by atoms with Gasteiger partial charge in [-0.25, -0.2) is 9.80 Å². The van der Waals surface area contributed by atoms with Crippen molar-refractivity contribution >= 4 is 52.8 Å². The Labute approximate surface area is 217 Å². The molecule has 1 unspecified atom stereocenters. The molecule has 14 heteroatoms. The van der Waals surface area contributed by atoms with Gasteiger partial charge in [-0.15, -0.1) is 0 Å². The van der Waals surface area contributed by atoms with Gasteiger partial charge in [0.2, 0.25) is 0 Å². The van der Waals surface area contributed by atoms with Gasteiger partial charge >= 0.3 is 18.4 Å². The number of rotatable bonds is 5. The Morgan fingerprint density at radius 2 is 1.61 bits per heavy atom. The highest BCUT2D eigenvalue weighted by atomic mass is 35.5. The lowest BCUT2D eigenvalue weighted by Gasteiger charge is -2.20. The van der Waals surface area contributed by atoms with Crippen LogP contribution in [0.4, 0.5) is 31.1 Å². The standard InChI is InChI=1S/C22H18Cl3F6N3O2/c1-3-32-20(36)34(2)33-19(35)13-6-4-11(8-15(13)22(29,30)31)5-7-14(21(26,27)28)12-9-16(23)18(25)17(24)10-12/h4-10,14H,3H2,1-2H3,(H,32,36)(H,33,35). The van der Waals surface area contributed by atoms with Crippen molar-refractivity contribution < 1.29 is 35.9 Å². The van der Waals surface area contributed by atoms with E-state index in [1.165, 1.54) is 0 Å². The van der Waals surface area contributed by atoms with Crippen LogP contribution < -0.4 is 10.7 Å². The zero-order valence-corrected chi connectivity index (χ0v) is 20.8. The Bertz CT molecular complexity index is 1150. The fourth-order valence-electron chi connectivity index (χ4n) is 3.00. The average Bonchev–Trinajstić information content (AvgIpc) is 2.76. The Morgan fingerprint density at radius 1 is 1.03 bits per heavy atom. The number of urea groups is 1. The van der Waals surface area contributed by atoms with E-state index in [-0.39, 0.29) is 32.7 Å². The van der Waals surface area contributed by atoms with E-state index < -0.39 is 41.3 Å². The number of alkyl halides is 6. The van der Waals surface area contributed by atoms with Gasteiger partial charge in [0.25, 0.3) is 5.91 Å². The van der Waals surface area contributed by atoms with E-state index in [1.807, 2.05) is 5.43 Å². The van der Waals surface area contributed by atoms with Gasteiger partial charge in [-0.05, 0) is 42.3 Å². The molecule has 2 N–H and O–H groups in total. The second-order valence-corrected chi connectivity index (χ2v) is 8.51. The number of allylic oxidation sites excluding steroid dienone is 1. The van der Waals surface area contributed by atoms with E-state index in [0.29, 0.717) is 17.2 Å². The van der Waals surface area contributed by atoms with Crippen molar-refractivity contribution in [2.24, 2.45) is 0 Å². The molecule has 0 aliphatic rings. The van der Waals surface area contributed by atoms with Crippen LogP contribution in [0.2, 0.25) is 15.1 Å². The summed E-state index contributed by atoms with van der Waals surface area (Å²) in [7, 11) is 1.12. The van der Waals surface area contributed by atoms with E-state index in [9.17, 15) is 35.9 Å². The van der Waals surface area contributed by atoms with E-state index in [1.54, 1.807) is 6.92 Å². The summed E-state index contributed by atoms with van der Waals surface area (Å²) < 4.78 is 82.1. The van der Waals surface area contributed by atoms with Gasteiger partial charge in [0.05, 0.1) is 32.1 Å². The van der Waals surface area contributed by atoms with E-state index >= 15 is 0 Å². The average molecular weight is 577 g/mol. The molecule has 0 aliphatic heterocycles. The van der Waals surface area contributed by atoms with Crippen LogP contribution in [0.3, 0.4) is 0 Å². The molecule has 0 radical (unpaired) electrons. The summed E-state index contributed by atoms with van der Waals surface area (Å²) >= 11 is 17.4. The lowest BCUT2D eigenvalue weighted by molar-refractivity contribution is -0.139. The van der Waals surface area contributed by atoms with E-state index in [2.05, 4.69) is 5.32 Å². The van der Waals surface area contributed by atoms with Gasteiger partial charge in [-0.1, -0.05) is 53.0 Å². The predicted octanol–water partition coefficient (Wildman–Crippen LogP) is 7.33. The summed E-state index contributed by atoms with van der Waals surface area (Å²) in [6.45, 7) is 1.81. The summed E-state index contributed by atoms with van der Waals surface area (Å²) in [6.07, 6.45) is -8.41. The van der Waals surface area contributed by atoms with Crippen LogP contribution in [0.5, 0.6) is 0 Å².